The summed E-state index contributed by atoms with van der Waals surface area (Å²) in [5.74, 6) is 0. The van der Waals surface area contributed by atoms with Crippen LogP contribution in [0.15, 0.2) is 63.9 Å². The lowest BCUT2D eigenvalue weighted by atomic mass is 10.0. The molecule has 1 heterocycles. The maximum atomic E-state index is 13.0. The van der Waals surface area contributed by atoms with Crippen LogP contribution >= 0.6 is 15.9 Å². The summed E-state index contributed by atoms with van der Waals surface area (Å²) in [5.41, 5.74) is 0.131. The van der Waals surface area contributed by atoms with E-state index >= 15 is 0 Å². The van der Waals surface area contributed by atoms with Crippen LogP contribution in [-0.2, 0) is 6.18 Å². The summed E-state index contributed by atoms with van der Waals surface area (Å²) in [7, 11) is 0. The number of aryl methyl sites for hydroxylation is 1. The fourth-order valence-electron chi connectivity index (χ4n) is 2.47. The average Bonchev–Trinajstić information content (AvgIpc) is 2.56. The van der Waals surface area contributed by atoms with Crippen molar-refractivity contribution in [1.29, 1.82) is 0 Å². The SMILES string of the molecule is Cc1cc(-c2cccc(C(F)(F)F)c2)c(=O)n(-c2cccc(Br)c2)n1. The second kappa shape index (κ2) is 6.48. The quantitative estimate of drug-likeness (QED) is 0.598. The average molecular weight is 409 g/mol. The number of aromatic nitrogens is 2. The van der Waals surface area contributed by atoms with Gasteiger partial charge in [0, 0.05) is 4.47 Å². The molecule has 3 nitrogen and oxygen atoms in total. The van der Waals surface area contributed by atoms with Gasteiger partial charge in [0.05, 0.1) is 22.5 Å². The number of rotatable bonds is 2. The molecule has 0 aliphatic carbocycles. The molecule has 0 spiro atoms. The first kappa shape index (κ1) is 17.4. The molecule has 0 unspecified atom stereocenters. The van der Waals surface area contributed by atoms with Gasteiger partial charge in [-0.25, -0.2) is 0 Å². The van der Waals surface area contributed by atoms with Crippen molar-refractivity contribution in [1.82, 2.24) is 9.78 Å². The van der Waals surface area contributed by atoms with Crippen LogP contribution < -0.4 is 5.56 Å². The molecular weight excluding hydrogens is 397 g/mol. The van der Waals surface area contributed by atoms with Crippen LogP contribution in [0.2, 0.25) is 0 Å². The summed E-state index contributed by atoms with van der Waals surface area (Å²) in [6.07, 6.45) is -4.47. The van der Waals surface area contributed by atoms with Gasteiger partial charge in [-0.1, -0.05) is 34.1 Å². The number of halogens is 4. The van der Waals surface area contributed by atoms with E-state index in [2.05, 4.69) is 21.0 Å². The fourth-order valence-corrected chi connectivity index (χ4v) is 2.86. The maximum Gasteiger partial charge on any atom is 0.416 e. The van der Waals surface area contributed by atoms with Crippen molar-refractivity contribution in [3.05, 3.63) is 80.7 Å². The lowest BCUT2D eigenvalue weighted by Gasteiger charge is -2.11. The molecule has 128 valence electrons. The van der Waals surface area contributed by atoms with Crippen molar-refractivity contribution in [3.8, 4) is 16.8 Å². The van der Waals surface area contributed by atoms with E-state index in [-0.39, 0.29) is 11.1 Å². The Hall–Kier alpha value is -2.41. The minimum Gasteiger partial charge on any atom is -0.267 e. The van der Waals surface area contributed by atoms with Crippen LogP contribution in [0.5, 0.6) is 0 Å². The van der Waals surface area contributed by atoms with Gasteiger partial charge >= 0.3 is 6.18 Å². The number of hydrogen-bond donors (Lipinski definition) is 0. The van der Waals surface area contributed by atoms with E-state index in [4.69, 9.17) is 0 Å². The Labute approximate surface area is 149 Å². The zero-order chi connectivity index (χ0) is 18.2. The van der Waals surface area contributed by atoms with Gasteiger partial charge in [0.2, 0.25) is 0 Å². The van der Waals surface area contributed by atoms with Gasteiger partial charge in [-0.2, -0.15) is 23.0 Å². The van der Waals surface area contributed by atoms with Gasteiger partial charge in [-0.15, -0.1) is 0 Å². The van der Waals surface area contributed by atoms with E-state index in [0.717, 1.165) is 16.6 Å². The fraction of sp³-hybridized carbons (Fsp3) is 0.111. The van der Waals surface area contributed by atoms with Crippen LogP contribution in [-0.4, -0.2) is 9.78 Å². The Morgan fingerprint density at radius 2 is 1.76 bits per heavy atom. The highest BCUT2D eigenvalue weighted by Crippen LogP contribution is 2.31. The summed E-state index contributed by atoms with van der Waals surface area (Å²) in [6.45, 7) is 1.69. The maximum absolute atomic E-state index is 13.0. The first-order valence-corrected chi connectivity index (χ1v) is 8.09. The van der Waals surface area contributed by atoms with Gasteiger partial charge in [-0.3, -0.25) is 4.79 Å². The monoisotopic (exact) mass is 408 g/mol. The van der Waals surface area contributed by atoms with Gasteiger partial charge in [-0.05, 0) is 48.9 Å². The minimum atomic E-state index is -4.47. The van der Waals surface area contributed by atoms with Gasteiger partial charge < -0.3 is 0 Å². The third kappa shape index (κ3) is 3.66. The molecule has 3 rings (SSSR count). The zero-order valence-electron chi connectivity index (χ0n) is 13.0. The van der Waals surface area contributed by atoms with E-state index in [1.807, 2.05) is 0 Å². The number of hydrogen-bond acceptors (Lipinski definition) is 2. The first-order valence-electron chi connectivity index (χ1n) is 7.30. The van der Waals surface area contributed by atoms with E-state index in [0.29, 0.717) is 11.4 Å². The Bertz CT molecular complexity index is 996. The van der Waals surface area contributed by atoms with Crippen molar-refractivity contribution in [2.75, 3.05) is 0 Å². The van der Waals surface area contributed by atoms with Crippen molar-refractivity contribution in [2.24, 2.45) is 0 Å². The van der Waals surface area contributed by atoms with E-state index in [1.165, 1.54) is 22.9 Å². The zero-order valence-corrected chi connectivity index (χ0v) is 14.6. The largest absolute Gasteiger partial charge is 0.416 e. The number of alkyl halides is 3. The molecule has 1 aromatic heterocycles. The highest BCUT2D eigenvalue weighted by molar-refractivity contribution is 9.10. The smallest absolute Gasteiger partial charge is 0.267 e. The van der Waals surface area contributed by atoms with E-state index in [1.54, 1.807) is 31.2 Å². The van der Waals surface area contributed by atoms with Crippen molar-refractivity contribution in [2.45, 2.75) is 13.1 Å². The molecule has 2 aromatic carbocycles. The molecule has 0 bridgehead atoms. The molecule has 7 heteroatoms. The lowest BCUT2D eigenvalue weighted by molar-refractivity contribution is -0.137. The van der Waals surface area contributed by atoms with Crippen molar-refractivity contribution >= 4 is 15.9 Å². The Morgan fingerprint density at radius 3 is 2.44 bits per heavy atom. The Kier molecular flexibility index (Phi) is 4.51. The molecule has 0 fully saturated rings. The van der Waals surface area contributed by atoms with E-state index in [9.17, 15) is 18.0 Å². The van der Waals surface area contributed by atoms with E-state index < -0.39 is 17.3 Å². The molecule has 0 aliphatic rings. The summed E-state index contributed by atoms with van der Waals surface area (Å²) >= 11 is 3.33. The second-order valence-corrected chi connectivity index (χ2v) is 6.39. The van der Waals surface area contributed by atoms with Crippen LogP contribution in [0.25, 0.3) is 16.8 Å². The molecule has 3 aromatic rings. The molecule has 25 heavy (non-hydrogen) atoms. The lowest BCUT2D eigenvalue weighted by Crippen LogP contribution is -2.23. The van der Waals surface area contributed by atoms with Crippen LogP contribution in [0.1, 0.15) is 11.3 Å². The first-order chi connectivity index (χ1) is 11.8. The summed E-state index contributed by atoms with van der Waals surface area (Å²) in [6, 6.07) is 13.2. The molecule has 0 aliphatic heterocycles. The molecule has 0 saturated heterocycles. The normalized spacial score (nSPS) is 11.6. The molecular formula is C18H12BrF3N2O. The van der Waals surface area contributed by atoms with Crippen LogP contribution in [0.4, 0.5) is 13.2 Å². The Balaban J connectivity index is 2.21. The molecule has 0 atom stereocenters. The summed E-state index contributed by atoms with van der Waals surface area (Å²) in [5, 5.41) is 4.20. The number of benzene rings is 2. The summed E-state index contributed by atoms with van der Waals surface area (Å²) < 4.78 is 40.8. The van der Waals surface area contributed by atoms with Crippen LogP contribution in [0.3, 0.4) is 0 Å². The summed E-state index contributed by atoms with van der Waals surface area (Å²) in [4.78, 5) is 12.8. The van der Waals surface area contributed by atoms with Crippen LogP contribution in [0, 0.1) is 6.92 Å². The molecule has 0 saturated carbocycles. The predicted octanol–water partition coefficient (Wildman–Crippen LogP) is 4.99. The standard InChI is InChI=1S/C18H12BrF3N2O/c1-11-8-16(12-4-2-5-13(9-12)18(20,21)22)17(25)24(23-11)15-7-3-6-14(19)10-15/h2-10H,1H3. The topological polar surface area (TPSA) is 34.9 Å². The number of nitrogens with zero attached hydrogens (tertiary/aromatic N) is 2. The minimum absolute atomic E-state index is 0.165. The second-order valence-electron chi connectivity index (χ2n) is 5.47. The van der Waals surface area contributed by atoms with Gasteiger partial charge in [0.25, 0.3) is 5.56 Å². The van der Waals surface area contributed by atoms with Crippen molar-refractivity contribution in [3.63, 3.8) is 0 Å². The van der Waals surface area contributed by atoms with Gasteiger partial charge in [0.1, 0.15) is 0 Å². The third-order valence-electron chi connectivity index (χ3n) is 3.59. The molecule has 0 radical (unpaired) electrons. The molecule has 0 N–H and O–H groups in total. The highest BCUT2D eigenvalue weighted by Gasteiger charge is 2.30. The van der Waals surface area contributed by atoms with Crippen molar-refractivity contribution < 1.29 is 13.2 Å². The molecule has 0 amide bonds. The third-order valence-corrected chi connectivity index (χ3v) is 4.08. The highest BCUT2D eigenvalue weighted by atomic mass is 79.9. The predicted molar refractivity (Wildman–Crippen MR) is 92.7 cm³/mol. The Morgan fingerprint density at radius 1 is 1.04 bits per heavy atom. The van der Waals surface area contributed by atoms with Gasteiger partial charge in [0.15, 0.2) is 0 Å².